The van der Waals surface area contributed by atoms with Gasteiger partial charge in [0.15, 0.2) is 0 Å². The number of aromatic nitrogens is 2. The van der Waals surface area contributed by atoms with Gasteiger partial charge in [0.05, 0.1) is 7.11 Å². The molecule has 1 unspecified atom stereocenters. The Morgan fingerprint density at radius 1 is 0.906 bits per heavy atom. The van der Waals surface area contributed by atoms with Crippen LogP contribution < -0.4 is 10.1 Å². The number of nitrogens with one attached hydrogen (secondary N) is 1. The predicted molar refractivity (Wildman–Crippen MR) is 126 cm³/mol. The summed E-state index contributed by atoms with van der Waals surface area (Å²) < 4.78 is 7.22. The number of benzene rings is 3. The zero-order valence-electron chi connectivity index (χ0n) is 18.3. The molecule has 0 aliphatic heterocycles. The minimum absolute atomic E-state index is 0.0321. The fourth-order valence-electron chi connectivity index (χ4n) is 3.95. The van der Waals surface area contributed by atoms with Crippen molar-refractivity contribution in [2.75, 3.05) is 7.11 Å². The summed E-state index contributed by atoms with van der Waals surface area (Å²) in [6.45, 7) is 0. The van der Waals surface area contributed by atoms with Gasteiger partial charge in [-0.1, -0.05) is 72.8 Å². The van der Waals surface area contributed by atoms with E-state index >= 15 is 0 Å². The van der Waals surface area contributed by atoms with Crippen LogP contribution in [0.25, 0.3) is 0 Å². The molecule has 0 radical (unpaired) electrons. The largest absolute Gasteiger partial charge is 0.497 e. The van der Waals surface area contributed by atoms with Crippen molar-refractivity contribution in [3.05, 3.63) is 120 Å². The number of methoxy groups -OCH3 is 1. The summed E-state index contributed by atoms with van der Waals surface area (Å²) in [5, 5.41) is 3.22. The summed E-state index contributed by atoms with van der Waals surface area (Å²) in [5.41, 5.74) is 3.18. The molecule has 162 valence electrons. The van der Waals surface area contributed by atoms with Gasteiger partial charge in [-0.3, -0.25) is 4.79 Å². The molecule has 1 atom stereocenters. The van der Waals surface area contributed by atoms with E-state index < -0.39 is 0 Å². The summed E-state index contributed by atoms with van der Waals surface area (Å²) in [6, 6.07) is 27.7. The molecule has 0 aliphatic carbocycles. The maximum absolute atomic E-state index is 13.3. The van der Waals surface area contributed by atoms with E-state index in [1.54, 1.807) is 13.3 Å². The van der Waals surface area contributed by atoms with Gasteiger partial charge in [-0.05, 0) is 28.8 Å². The van der Waals surface area contributed by atoms with Crippen LogP contribution in [0.4, 0.5) is 0 Å². The van der Waals surface area contributed by atoms with Crippen LogP contribution in [-0.2, 0) is 11.8 Å². The van der Waals surface area contributed by atoms with Crippen molar-refractivity contribution in [2.24, 2.45) is 7.05 Å². The van der Waals surface area contributed by atoms with E-state index in [9.17, 15) is 4.79 Å². The molecule has 0 saturated heterocycles. The average molecular weight is 426 g/mol. The van der Waals surface area contributed by atoms with Gasteiger partial charge >= 0.3 is 0 Å². The number of amides is 1. The average Bonchev–Trinajstić information content (AvgIpc) is 3.27. The standard InChI is InChI=1S/C27H27N3O2/c1-30-18-17-28-27(30)26(22-13-15-23(32-2)16-14-22)29-25(31)19-24(20-9-5-3-6-10-20)21-11-7-4-8-12-21/h3-18,24,26H,19H2,1-2H3,(H,29,31). The number of nitrogens with zero attached hydrogens (tertiary/aromatic N) is 2. The van der Waals surface area contributed by atoms with Gasteiger partial charge in [0.2, 0.25) is 5.91 Å². The van der Waals surface area contributed by atoms with Crippen LogP contribution in [0.1, 0.15) is 40.9 Å². The van der Waals surface area contributed by atoms with Crippen molar-refractivity contribution in [1.29, 1.82) is 0 Å². The van der Waals surface area contributed by atoms with Gasteiger partial charge in [0, 0.05) is 31.8 Å². The van der Waals surface area contributed by atoms with Crippen LogP contribution in [-0.4, -0.2) is 22.6 Å². The van der Waals surface area contributed by atoms with E-state index in [-0.39, 0.29) is 17.9 Å². The number of hydrogen-bond acceptors (Lipinski definition) is 3. The van der Waals surface area contributed by atoms with E-state index in [4.69, 9.17) is 4.74 Å². The fourth-order valence-corrected chi connectivity index (χ4v) is 3.95. The number of aryl methyl sites for hydroxylation is 1. The van der Waals surface area contributed by atoms with Crippen molar-refractivity contribution in [1.82, 2.24) is 14.9 Å². The molecule has 1 amide bonds. The summed E-state index contributed by atoms with van der Waals surface area (Å²) in [6.07, 6.45) is 3.97. The first-order valence-electron chi connectivity index (χ1n) is 10.7. The molecule has 1 aromatic heterocycles. The minimum atomic E-state index is -0.361. The highest BCUT2D eigenvalue weighted by molar-refractivity contribution is 5.78. The first kappa shape index (κ1) is 21.4. The van der Waals surface area contributed by atoms with Crippen LogP contribution in [0.15, 0.2) is 97.3 Å². The van der Waals surface area contributed by atoms with E-state index in [0.29, 0.717) is 6.42 Å². The van der Waals surface area contributed by atoms with Gasteiger partial charge in [-0.2, -0.15) is 0 Å². The molecule has 5 heteroatoms. The molecular weight excluding hydrogens is 398 g/mol. The lowest BCUT2D eigenvalue weighted by molar-refractivity contribution is -0.121. The first-order chi connectivity index (χ1) is 15.7. The molecule has 5 nitrogen and oxygen atoms in total. The number of rotatable bonds is 8. The van der Waals surface area contributed by atoms with Crippen molar-refractivity contribution in [2.45, 2.75) is 18.4 Å². The van der Waals surface area contributed by atoms with E-state index in [2.05, 4.69) is 34.6 Å². The molecule has 4 aromatic rings. The SMILES string of the molecule is COc1ccc(C(NC(=O)CC(c2ccccc2)c2ccccc2)c2nccn2C)cc1. The maximum atomic E-state index is 13.3. The summed E-state index contributed by atoms with van der Waals surface area (Å²) in [5.74, 6) is 1.48. The highest BCUT2D eigenvalue weighted by Gasteiger charge is 2.24. The van der Waals surface area contributed by atoms with Gasteiger partial charge < -0.3 is 14.6 Å². The lowest BCUT2D eigenvalue weighted by Crippen LogP contribution is -2.32. The van der Waals surface area contributed by atoms with Crippen LogP contribution in [0.2, 0.25) is 0 Å². The van der Waals surface area contributed by atoms with Crippen molar-refractivity contribution < 1.29 is 9.53 Å². The number of ether oxygens (including phenoxy) is 1. The monoisotopic (exact) mass is 425 g/mol. The Bertz CT molecular complexity index is 1100. The zero-order chi connectivity index (χ0) is 22.3. The van der Waals surface area contributed by atoms with Crippen molar-refractivity contribution in [3.63, 3.8) is 0 Å². The second kappa shape index (κ2) is 9.96. The topological polar surface area (TPSA) is 56.1 Å². The summed E-state index contributed by atoms with van der Waals surface area (Å²) in [7, 11) is 3.57. The van der Waals surface area contributed by atoms with E-state index in [1.807, 2.05) is 78.5 Å². The molecule has 0 spiro atoms. The molecule has 0 fully saturated rings. The Balaban J connectivity index is 1.61. The molecule has 0 aliphatic rings. The van der Waals surface area contributed by atoms with Gasteiger partial charge in [0.25, 0.3) is 0 Å². The predicted octanol–water partition coefficient (Wildman–Crippen LogP) is 4.86. The minimum Gasteiger partial charge on any atom is -0.497 e. The van der Waals surface area contributed by atoms with Crippen LogP contribution in [0.5, 0.6) is 5.75 Å². The quantitative estimate of drug-likeness (QED) is 0.439. The first-order valence-corrected chi connectivity index (χ1v) is 10.7. The third-order valence-corrected chi connectivity index (χ3v) is 5.66. The second-order valence-corrected chi connectivity index (χ2v) is 7.75. The number of imidazole rings is 1. The Morgan fingerprint density at radius 2 is 1.50 bits per heavy atom. The highest BCUT2D eigenvalue weighted by atomic mass is 16.5. The lowest BCUT2D eigenvalue weighted by atomic mass is 9.88. The van der Waals surface area contributed by atoms with Gasteiger partial charge in [-0.25, -0.2) is 4.98 Å². The third kappa shape index (κ3) is 4.89. The van der Waals surface area contributed by atoms with E-state index in [1.165, 1.54) is 0 Å². The Morgan fingerprint density at radius 3 is 2.00 bits per heavy atom. The van der Waals surface area contributed by atoms with Gasteiger partial charge in [0.1, 0.15) is 17.6 Å². The molecular formula is C27H27N3O2. The Labute approximate surface area is 188 Å². The molecule has 32 heavy (non-hydrogen) atoms. The zero-order valence-corrected chi connectivity index (χ0v) is 18.3. The third-order valence-electron chi connectivity index (χ3n) is 5.66. The van der Waals surface area contributed by atoms with Crippen LogP contribution >= 0.6 is 0 Å². The summed E-state index contributed by atoms with van der Waals surface area (Å²) in [4.78, 5) is 17.8. The summed E-state index contributed by atoms with van der Waals surface area (Å²) >= 11 is 0. The maximum Gasteiger partial charge on any atom is 0.221 e. The van der Waals surface area contributed by atoms with Crippen LogP contribution in [0, 0.1) is 0 Å². The molecule has 0 saturated carbocycles. The lowest BCUT2D eigenvalue weighted by Gasteiger charge is -2.22. The molecule has 1 heterocycles. The second-order valence-electron chi connectivity index (χ2n) is 7.75. The molecule has 0 bridgehead atoms. The normalized spacial score (nSPS) is 11.8. The molecule has 1 N–H and O–H groups in total. The number of carbonyl (C=O) groups excluding carboxylic acids is 1. The Hall–Kier alpha value is -3.86. The fraction of sp³-hybridized carbons (Fsp3) is 0.185. The molecule has 4 rings (SSSR count). The van der Waals surface area contributed by atoms with Crippen molar-refractivity contribution >= 4 is 5.91 Å². The van der Waals surface area contributed by atoms with E-state index in [0.717, 1.165) is 28.3 Å². The van der Waals surface area contributed by atoms with Crippen molar-refractivity contribution in [3.8, 4) is 5.75 Å². The smallest absolute Gasteiger partial charge is 0.221 e. The highest BCUT2D eigenvalue weighted by Crippen LogP contribution is 2.29. The number of hydrogen-bond donors (Lipinski definition) is 1. The van der Waals surface area contributed by atoms with Crippen LogP contribution in [0.3, 0.4) is 0 Å². The Kier molecular flexibility index (Phi) is 6.66. The number of carbonyl (C=O) groups is 1. The van der Waals surface area contributed by atoms with Gasteiger partial charge in [-0.15, -0.1) is 0 Å². The molecule has 3 aromatic carbocycles.